The molecule has 0 radical (unpaired) electrons. The van der Waals surface area contributed by atoms with E-state index in [1.165, 1.54) is 22.3 Å². The molecule has 59 heavy (non-hydrogen) atoms. The van der Waals surface area contributed by atoms with Gasteiger partial charge in [0.15, 0.2) is 40.5 Å². The fourth-order valence-corrected chi connectivity index (χ4v) is 8.55. The number of ether oxygens (including phenoxy) is 2. The molecule has 0 unspecified atom stereocenters. The van der Waals surface area contributed by atoms with Crippen LogP contribution in [-0.2, 0) is 5.41 Å². The lowest BCUT2D eigenvalue weighted by Gasteiger charge is -2.26. The molecule has 280 valence electrons. The molecule has 5 heteroatoms. The molecule has 11 rings (SSSR count). The molecule has 2 aliphatic rings. The van der Waals surface area contributed by atoms with Crippen molar-refractivity contribution in [3.8, 4) is 102 Å². The summed E-state index contributed by atoms with van der Waals surface area (Å²) in [4.78, 5) is 15.4. The number of hydrogen-bond acceptors (Lipinski definition) is 5. The van der Waals surface area contributed by atoms with Gasteiger partial charge in [0.05, 0.1) is 0 Å². The van der Waals surface area contributed by atoms with Gasteiger partial charge in [-0.1, -0.05) is 166 Å². The first-order chi connectivity index (χ1) is 29.0. The molecule has 0 amide bonds. The first-order valence-corrected chi connectivity index (χ1v) is 19.9. The van der Waals surface area contributed by atoms with Gasteiger partial charge in [-0.15, -0.1) is 0 Å². The number of fused-ring (bicyclic) bond motifs is 5. The molecule has 9 aromatic rings. The minimum absolute atomic E-state index is 0.142. The Labute approximate surface area is 343 Å². The van der Waals surface area contributed by atoms with Crippen LogP contribution in [0.3, 0.4) is 0 Å². The van der Waals surface area contributed by atoms with Gasteiger partial charge in [0, 0.05) is 27.7 Å². The molecule has 0 saturated carbocycles. The average Bonchev–Trinajstić information content (AvgIpc) is 3.52. The second kappa shape index (κ2) is 13.8. The van der Waals surface area contributed by atoms with Crippen LogP contribution in [0.2, 0.25) is 0 Å². The first-order valence-electron chi connectivity index (χ1n) is 19.9. The summed E-state index contributed by atoms with van der Waals surface area (Å²) in [6, 6.07) is 64.8. The Kier molecular flexibility index (Phi) is 8.09. The van der Waals surface area contributed by atoms with Crippen LogP contribution < -0.4 is 9.47 Å². The molecule has 1 aliphatic heterocycles. The summed E-state index contributed by atoms with van der Waals surface area (Å²) in [7, 11) is 0. The molecular formula is C54H37N3O2. The predicted octanol–water partition coefficient (Wildman–Crippen LogP) is 14.1. The van der Waals surface area contributed by atoms with Crippen LogP contribution in [0.25, 0.3) is 78.7 Å². The Balaban J connectivity index is 1.01. The van der Waals surface area contributed by atoms with Crippen molar-refractivity contribution >= 4 is 0 Å². The number of rotatable bonds is 6. The van der Waals surface area contributed by atoms with Gasteiger partial charge in [-0.05, 0) is 86.5 Å². The Morgan fingerprint density at radius 1 is 0.322 bits per heavy atom. The molecule has 1 aromatic heterocycles. The van der Waals surface area contributed by atoms with Gasteiger partial charge in [0.25, 0.3) is 0 Å². The molecular weight excluding hydrogens is 723 g/mol. The van der Waals surface area contributed by atoms with Gasteiger partial charge in [0.1, 0.15) is 0 Å². The summed E-state index contributed by atoms with van der Waals surface area (Å²) >= 11 is 0. The molecule has 8 aromatic carbocycles. The van der Waals surface area contributed by atoms with Crippen molar-refractivity contribution in [3.05, 3.63) is 199 Å². The zero-order chi connectivity index (χ0) is 39.5. The summed E-state index contributed by atoms with van der Waals surface area (Å²) in [5, 5.41) is 0. The highest BCUT2D eigenvalue weighted by Gasteiger charge is 2.37. The van der Waals surface area contributed by atoms with Crippen molar-refractivity contribution in [1.82, 2.24) is 15.0 Å². The molecule has 0 atom stereocenters. The van der Waals surface area contributed by atoms with E-state index in [2.05, 4.69) is 172 Å². The summed E-state index contributed by atoms with van der Waals surface area (Å²) in [5.41, 5.74) is 13.8. The Hall–Kier alpha value is -7.63. The highest BCUT2D eigenvalue weighted by molar-refractivity contribution is 5.85. The third-order valence-corrected chi connectivity index (χ3v) is 11.6. The normalized spacial score (nSPS) is 13.0. The van der Waals surface area contributed by atoms with E-state index >= 15 is 0 Å². The van der Waals surface area contributed by atoms with Gasteiger partial charge < -0.3 is 9.47 Å². The summed E-state index contributed by atoms with van der Waals surface area (Å²) in [6.07, 6.45) is 0. The van der Waals surface area contributed by atoms with E-state index in [-0.39, 0.29) is 5.41 Å². The lowest BCUT2D eigenvalue weighted by Crippen LogP contribution is -2.15. The Morgan fingerprint density at radius 3 is 1.39 bits per heavy atom. The molecule has 0 saturated heterocycles. The zero-order valence-electron chi connectivity index (χ0n) is 32.6. The van der Waals surface area contributed by atoms with E-state index in [1.807, 2.05) is 30.3 Å². The van der Waals surface area contributed by atoms with E-state index in [0.717, 1.165) is 55.8 Å². The standard InChI is InChI=1S/C54H37N3O2/c1-54(2)45-27-10-9-25-43(45)44-32-48-49(33-46(44)54)58-47-28-14-26-42(50(47)59-48)38-21-13-24-41(31-38)53-56-51(39-22-11-19-36(29-39)34-15-5-3-6-16-34)55-52(57-53)40-23-12-20-37(30-40)35-17-7-4-8-18-35/h3-33H,1-2H3. The molecule has 0 N–H and O–H groups in total. The first kappa shape index (κ1) is 34.6. The fourth-order valence-electron chi connectivity index (χ4n) is 8.55. The highest BCUT2D eigenvalue weighted by Crippen LogP contribution is 2.56. The molecule has 2 heterocycles. The third kappa shape index (κ3) is 6.07. The van der Waals surface area contributed by atoms with Gasteiger partial charge in [0.2, 0.25) is 0 Å². The Morgan fingerprint density at radius 2 is 0.780 bits per heavy atom. The minimum atomic E-state index is -0.142. The second-order valence-electron chi connectivity index (χ2n) is 15.6. The van der Waals surface area contributed by atoms with Crippen LogP contribution in [0.1, 0.15) is 25.0 Å². The van der Waals surface area contributed by atoms with Crippen LogP contribution in [0.15, 0.2) is 188 Å². The van der Waals surface area contributed by atoms with Gasteiger partial charge >= 0.3 is 0 Å². The molecule has 0 bridgehead atoms. The van der Waals surface area contributed by atoms with E-state index < -0.39 is 0 Å². The number of benzene rings is 8. The SMILES string of the molecule is CC1(C)c2ccccc2-c2cc3c(cc21)Oc1cccc(-c2cccc(-c4nc(-c5cccc(-c6ccccc6)c5)nc(-c5cccc(-c6ccccc6)c5)n4)c2)c1O3. The molecule has 0 fully saturated rings. The fraction of sp³-hybridized carbons (Fsp3) is 0.0556. The molecule has 5 nitrogen and oxygen atoms in total. The van der Waals surface area contributed by atoms with Crippen LogP contribution >= 0.6 is 0 Å². The van der Waals surface area contributed by atoms with Crippen LogP contribution in [-0.4, -0.2) is 15.0 Å². The van der Waals surface area contributed by atoms with E-state index in [1.54, 1.807) is 0 Å². The average molecular weight is 760 g/mol. The van der Waals surface area contributed by atoms with E-state index in [9.17, 15) is 0 Å². The van der Waals surface area contributed by atoms with Crippen LogP contribution in [0, 0.1) is 0 Å². The number of para-hydroxylation sites is 1. The number of hydrogen-bond donors (Lipinski definition) is 0. The van der Waals surface area contributed by atoms with Crippen LogP contribution in [0.4, 0.5) is 0 Å². The molecule has 0 spiro atoms. The predicted molar refractivity (Wildman–Crippen MR) is 237 cm³/mol. The summed E-state index contributed by atoms with van der Waals surface area (Å²) in [6.45, 7) is 4.55. The molecule has 1 aliphatic carbocycles. The van der Waals surface area contributed by atoms with Crippen LogP contribution in [0.5, 0.6) is 23.0 Å². The Bertz CT molecular complexity index is 2980. The largest absolute Gasteiger partial charge is 0.449 e. The van der Waals surface area contributed by atoms with Crippen molar-refractivity contribution in [3.63, 3.8) is 0 Å². The quantitative estimate of drug-likeness (QED) is 0.169. The zero-order valence-corrected chi connectivity index (χ0v) is 32.6. The van der Waals surface area contributed by atoms with Crippen molar-refractivity contribution in [2.24, 2.45) is 0 Å². The van der Waals surface area contributed by atoms with E-state index in [0.29, 0.717) is 34.7 Å². The minimum Gasteiger partial charge on any atom is -0.449 e. The van der Waals surface area contributed by atoms with E-state index in [4.69, 9.17) is 24.4 Å². The smallest absolute Gasteiger partial charge is 0.177 e. The van der Waals surface area contributed by atoms with Crippen molar-refractivity contribution in [1.29, 1.82) is 0 Å². The van der Waals surface area contributed by atoms with Crippen molar-refractivity contribution in [2.75, 3.05) is 0 Å². The van der Waals surface area contributed by atoms with Gasteiger partial charge in [-0.3, -0.25) is 0 Å². The van der Waals surface area contributed by atoms with Crippen molar-refractivity contribution in [2.45, 2.75) is 19.3 Å². The summed E-state index contributed by atoms with van der Waals surface area (Å²) in [5.74, 6) is 4.55. The maximum absolute atomic E-state index is 6.80. The number of nitrogens with zero attached hydrogens (tertiary/aromatic N) is 3. The van der Waals surface area contributed by atoms with Gasteiger partial charge in [-0.25, -0.2) is 15.0 Å². The third-order valence-electron chi connectivity index (χ3n) is 11.6. The topological polar surface area (TPSA) is 57.1 Å². The highest BCUT2D eigenvalue weighted by atomic mass is 16.6. The second-order valence-corrected chi connectivity index (χ2v) is 15.6. The maximum atomic E-state index is 6.80. The summed E-state index contributed by atoms with van der Waals surface area (Å²) < 4.78 is 13.4. The van der Waals surface area contributed by atoms with Crippen molar-refractivity contribution < 1.29 is 9.47 Å². The maximum Gasteiger partial charge on any atom is 0.177 e. The number of aromatic nitrogens is 3. The lowest BCUT2D eigenvalue weighted by molar-refractivity contribution is 0.360. The monoisotopic (exact) mass is 759 g/mol. The lowest BCUT2D eigenvalue weighted by atomic mass is 9.82. The van der Waals surface area contributed by atoms with Gasteiger partial charge in [-0.2, -0.15) is 0 Å².